The molecule has 1 atom stereocenters. The Kier molecular flexibility index (Phi) is 5.48. The first-order chi connectivity index (χ1) is 13.3. The number of esters is 1. The highest BCUT2D eigenvalue weighted by Gasteiger charge is 2.32. The minimum absolute atomic E-state index is 0.137. The summed E-state index contributed by atoms with van der Waals surface area (Å²) >= 11 is 0. The van der Waals surface area contributed by atoms with Crippen LogP contribution in [0.2, 0.25) is 0 Å². The number of aromatic nitrogens is 2. The molecule has 2 heterocycles. The fourth-order valence-corrected chi connectivity index (χ4v) is 2.96. The molecule has 1 unspecified atom stereocenters. The number of nitrogens with one attached hydrogen (secondary N) is 1. The first kappa shape index (κ1) is 19.6. The number of ketones is 1. The van der Waals surface area contributed by atoms with Gasteiger partial charge < -0.3 is 9.72 Å². The van der Waals surface area contributed by atoms with Gasteiger partial charge in [-0.25, -0.2) is 0 Å². The number of fused-ring (bicyclic) bond motifs is 1. The van der Waals surface area contributed by atoms with Crippen molar-refractivity contribution in [3.8, 4) is 0 Å². The van der Waals surface area contributed by atoms with Crippen LogP contribution >= 0.6 is 0 Å². The lowest BCUT2D eigenvalue weighted by Gasteiger charge is -2.14. The molecule has 3 aromatic rings. The zero-order valence-electron chi connectivity index (χ0n) is 14.9. The standard InChI is InChI=1S/C20H17F3N2O3/c1-2-28-19(27)14(15-11-25-16-6-4-3-5-13(15)16)9-18(26)17-8-7-12(10-24-17)20(21,22)23/h3-8,10-11,14,25H,2,9H2,1H3. The molecule has 0 aliphatic heterocycles. The molecule has 0 spiro atoms. The first-order valence-corrected chi connectivity index (χ1v) is 8.60. The normalized spacial score (nSPS) is 12.7. The molecule has 0 aliphatic carbocycles. The fraction of sp³-hybridized carbons (Fsp3) is 0.250. The lowest BCUT2D eigenvalue weighted by atomic mass is 9.92. The number of para-hydroxylation sites is 1. The highest BCUT2D eigenvalue weighted by Crippen LogP contribution is 2.31. The molecule has 8 heteroatoms. The Labute approximate surface area is 158 Å². The maximum absolute atomic E-state index is 12.7. The Bertz CT molecular complexity index is 994. The van der Waals surface area contributed by atoms with E-state index in [1.54, 1.807) is 19.2 Å². The van der Waals surface area contributed by atoms with Crippen LogP contribution in [0, 0.1) is 0 Å². The Morgan fingerprint density at radius 3 is 2.57 bits per heavy atom. The molecule has 0 saturated heterocycles. The molecule has 2 aromatic heterocycles. The van der Waals surface area contributed by atoms with Crippen LogP contribution in [-0.4, -0.2) is 28.3 Å². The SMILES string of the molecule is CCOC(=O)C(CC(=O)c1ccc(C(F)(F)F)cn1)c1c[nH]c2ccccc12. The number of benzene rings is 1. The predicted molar refractivity (Wildman–Crippen MR) is 95.9 cm³/mol. The number of rotatable bonds is 6. The van der Waals surface area contributed by atoms with Crippen molar-refractivity contribution in [2.45, 2.75) is 25.4 Å². The van der Waals surface area contributed by atoms with Gasteiger partial charge in [0.05, 0.1) is 18.1 Å². The van der Waals surface area contributed by atoms with E-state index in [1.165, 1.54) is 0 Å². The van der Waals surface area contributed by atoms with E-state index < -0.39 is 29.4 Å². The highest BCUT2D eigenvalue weighted by molar-refractivity contribution is 5.99. The summed E-state index contributed by atoms with van der Waals surface area (Å²) in [6, 6.07) is 9.10. The topological polar surface area (TPSA) is 72.1 Å². The van der Waals surface area contributed by atoms with Crippen molar-refractivity contribution in [1.29, 1.82) is 0 Å². The third-order valence-corrected chi connectivity index (χ3v) is 4.33. The van der Waals surface area contributed by atoms with E-state index in [1.807, 2.05) is 18.2 Å². The lowest BCUT2D eigenvalue weighted by molar-refractivity contribution is -0.145. The number of hydrogen-bond donors (Lipinski definition) is 1. The maximum atomic E-state index is 12.7. The molecular formula is C20H17F3N2O3. The van der Waals surface area contributed by atoms with Crippen molar-refractivity contribution >= 4 is 22.7 Å². The number of nitrogens with zero attached hydrogens (tertiary/aromatic N) is 1. The van der Waals surface area contributed by atoms with Crippen molar-refractivity contribution in [1.82, 2.24) is 9.97 Å². The van der Waals surface area contributed by atoms with Gasteiger partial charge in [-0.15, -0.1) is 0 Å². The number of H-pyrrole nitrogens is 1. The molecule has 0 bridgehead atoms. The number of halogens is 3. The second-order valence-corrected chi connectivity index (χ2v) is 6.15. The molecule has 0 saturated carbocycles. The Morgan fingerprint density at radius 2 is 1.93 bits per heavy atom. The van der Waals surface area contributed by atoms with E-state index in [0.717, 1.165) is 23.0 Å². The second kappa shape index (κ2) is 7.84. The van der Waals surface area contributed by atoms with E-state index in [9.17, 15) is 22.8 Å². The van der Waals surface area contributed by atoms with Gasteiger partial charge in [0, 0.05) is 29.7 Å². The molecule has 1 aromatic carbocycles. The first-order valence-electron chi connectivity index (χ1n) is 8.60. The molecule has 5 nitrogen and oxygen atoms in total. The van der Waals surface area contributed by atoms with E-state index in [2.05, 4.69) is 9.97 Å². The third kappa shape index (κ3) is 4.05. The van der Waals surface area contributed by atoms with Crippen molar-refractivity contribution in [3.05, 3.63) is 65.6 Å². The number of pyridine rings is 1. The number of Topliss-reactive ketones (excluding diaryl/α,β-unsaturated/α-hetero) is 1. The maximum Gasteiger partial charge on any atom is 0.417 e. The molecule has 0 amide bonds. The van der Waals surface area contributed by atoms with Gasteiger partial charge in [-0.05, 0) is 30.7 Å². The smallest absolute Gasteiger partial charge is 0.417 e. The molecule has 0 aliphatic rings. The Morgan fingerprint density at radius 1 is 1.18 bits per heavy atom. The molecule has 3 rings (SSSR count). The van der Waals surface area contributed by atoms with E-state index in [4.69, 9.17) is 4.74 Å². The predicted octanol–water partition coefficient (Wildman–Crippen LogP) is 4.50. The summed E-state index contributed by atoms with van der Waals surface area (Å²) in [5.41, 5.74) is 0.311. The Hall–Kier alpha value is -3.16. The van der Waals surface area contributed by atoms with Crippen LogP contribution in [0.4, 0.5) is 13.2 Å². The molecule has 1 N–H and O–H groups in total. The van der Waals surface area contributed by atoms with Crippen LogP contribution in [0.15, 0.2) is 48.8 Å². The molecule has 0 radical (unpaired) electrons. The molecule has 146 valence electrons. The monoisotopic (exact) mass is 390 g/mol. The van der Waals surface area contributed by atoms with E-state index >= 15 is 0 Å². The summed E-state index contributed by atoms with van der Waals surface area (Å²) in [6.07, 6.45) is -2.55. The van der Waals surface area contributed by atoms with Crippen LogP contribution in [0.3, 0.4) is 0 Å². The summed E-state index contributed by atoms with van der Waals surface area (Å²) < 4.78 is 43.1. The largest absolute Gasteiger partial charge is 0.466 e. The average molecular weight is 390 g/mol. The zero-order valence-corrected chi connectivity index (χ0v) is 14.9. The van der Waals surface area contributed by atoms with Crippen molar-refractivity contribution in [2.75, 3.05) is 6.61 Å². The molecule has 0 fully saturated rings. The van der Waals surface area contributed by atoms with Gasteiger partial charge >= 0.3 is 12.1 Å². The minimum Gasteiger partial charge on any atom is -0.466 e. The van der Waals surface area contributed by atoms with Gasteiger partial charge in [-0.3, -0.25) is 14.6 Å². The number of ether oxygens (including phenoxy) is 1. The number of carbonyl (C=O) groups excluding carboxylic acids is 2. The second-order valence-electron chi connectivity index (χ2n) is 6.15. The van der Waals surface area contributed by atoms with Crippen LogP contribution in [-0.2, 0) is 15.7 Å². The molecule has 28 heavy (non-hydrogen) atoms. The summed E-state index contributed by atoms with van der Waals surface area (Å²) in [5.74, 6) is -2.02. The van der Waals surface area contributed by atoms with Crippen molar-refractivity contribution in [3.63, 3.8) is 0 Å². The van der Waals surface area contributed by atoms with E-state index in [0.29, 0.717) is 11.8 Å². The van der Waals surface area contributed by atoms with Gasteiger partial charge in [0.1, 0.15) is 5.69 Å². The quantitative estimate of drug-likeness (QED) is 0.497. The van der Waals surface area contributed by atoms with Gasteiger partial charge in [-0.2, -0.15) is 13.2 Å². The van der Waals surface area contributed by atoms with Crippen LogP contribution < -0.4 is 0 Å². The van der Waals surface area contributed by atoms with Crippen LogP contribution in [0.1, 0.15) is 40.9 Å². The summed E-state index contributed by atoms with van der Waals surface area (Å²) in [5, 5.41) is 0.772. The highest BCUT2D eigenvalue weighted by atomic mass is 19.4. The third-order valence-electron chi connectivity index (χ3n) is 4.33. The van der Waals surface area contributed by atoms with Gasteiger partial charge in [0.15, 0.2) is 5.78 Å². The number of aromatic amines is 1. The fourth-order valence-electron chi connectivity index (χ4n) is 2.96. The van der Waals surface area contributed by atoms with Gasteiger partial charge in [0.25, 0.3) is 0 Å². The number of carbonyl (C=O) groups is 2. The van der Waals surface area contributed by atoms with Crippen LogP contribution in [0.5, 0.6) is 0 Å². The van der Waals surface area contributed by atoms with Crippen molar-refractivity contribution < 1.29 is 27.5 Å². The summed E-state index contributed by atoms with van der Waals surface area (Å²) in [4.78, 5) is 31.7. The Balaban J connectivity index is 1.89. The van der Waals surface area contributed by atoms with Gasteiger partial charge in [-0.1, -0.05) is 18.2 Å². The summed E-state index contributed by atoms with van der Waals surface area (Å²) in [6.45, 7) is 1.80. The van der Waals surface area contributed by atoms with E-state index in [-0.39, 0.29) is 18.7 Å². The summed E-state index contributed by atoms with van der Waals surface area (Å²) in [7, 11) is 0. The average Bonchev–Trinajstić information content (AvgIpc) is 3.09. The van der Waals surface area contributed by atoms with Gasteiger partial charge in [0.2, 0.25) is 0 Å². The van der Waals surface area contributed by atoms with Crippen LogP contribution in [0.25, 0.3) is 10.9 Å². The van der Waals surface area contributed by atoms with Crippen molar-refractivity contribution in [2.24, 2.45) is 0 Å². The number of alkyl halides is 3. The zero-order chi connectivity index (χ0) is 20.3. The minimum atomic E-state index is -4.54. The lowest BCUT2D eigenvalue weighted by Crippen LogP contribution is -2.20. The molecular weight excluding hydrogens is 373 g/mol. The number of hydrogen-bond acceptors (Lipinski definition) is 4.